The van der Waals surface area contributed by atoms with Gasteiger partial charge in [0, 0.05) is 27.3 Å². The number of halogens is 1. The molecule has 0 bridgehead atoms. The second-order valence-corrected chi connectivity index (χ2v) is 16.1. The standard InChI is InChI=1S/C9H14IO3P2/c10-14(9-4-2-1-3-5-9)15(6-11,7-12)8-13/h1-5,11-13H,6-8H2/q+1. The van der Waals surface area contributed by atoms with Gasteiger partial charge in [-0.05, 0) is 0 Å². The molecule has 0 amide bonds. The molecule has 15 heavy (non-hydrogen) atoms. The first-order valence-electron chi connectivity index (χ1n) is 4.40. The van der Waals surface area contributed by atoms with Crippen LogP contribution in [0.4, 0.5) is 0 Å². The molecule has 0 saturated carbocycles. The highest BCUT2D eigenvalue weighted by molar-refractivity contribution is 14.2. The third kappa shape index (κ3) is 3.09. The molecule has 0 radical (unpaired) electrons. The van der Waals surface area contributed by atoms with Crippen molar-refractivity contribution < 1.29 is 15.3 Å². The van der Waals surface area contributed by atoms with Crippen LogP contribution in [0, 0.1) is 0 Å². The summed E-state index contributed by atoms with van der Waals surface area (Å²) in [6.45, 7) is -2.03. The molecule has 3 N–H and O–H groups in total. The van der Waals surface area contributed by atoms with E-state index >= 15 is 0 Å². The molecule has 1 unspecified atom stereocenters. The van der Waals surface area contributed by atoms with E-state index in [2.05, 4.69) is 22.0 Å². The number of aliphatic hydroxyl groups excluding tert-OH is 3. The third-order valence-corrected chi connectivity index (χ3v) is 19.2. The Bertz CT molecular complexity index is 284. The molecule has 3 nitrogen and oxygen atoms in total. The van der Waals surface area contributed by atoms with Crippen LogP contribution in [0.15, 0.2) is 30.3 Å². The van der Waals surface area contributed by atoms with Crippen LogP contribution < -0.4 is 5.30 Å². The third-order valence-electron chi connectivity index (χ3n) is 2.13. The first-order chi connectivity index (χ1) is 7.20. The van der Waals surface area contributed by atoms with Gasteiger partial charge >= 0.3 is 0 Å². The van der Waals surface area contributed by atoms with Gasteiger partial charge in [-0.15, -0.1) is 0 Å². The van der Waals surface area contributed by atoms with Crippen LogP contribution in [0.1, 0.15) is 0 Å². The van der Waals surface area contributed by atoms with Crippen LogP contribution in [0.5, 0.6) is 0 Å². The number of rotatable bonds is 5. The molecule has 1 atom stereocenters. The molecular weight excluding hydrogens is 345 g/mol. The van der Waals surface area contributed by atoms with Crippen molar-refractivity contribution >= 4 is 39.5 Å². The average Bonchev–Trinajstić information content (AvgIpc) is 2.33. The van der Waals surface area contributed by atoms with Crippen molar-refractivity contribution in [1.29, 1.82) is 0 Å². The Hall–Kier alpha value is 0.690. The summed E-state index contributed by atoms with van der Waals surface area (Å²) >= 11 is 2.26. The Morgan fingerprint density at radius 3 is 1.87 bits per heavy atom. The molecule has 1 rings (SSSR count). The van der Waals surface area contributed by atoms with Gasteiger partial charge in [-0.3, -0.25) is 0 Å². The minimum Gasteiger partial charge on any atom is -0.361 e. The molecule has 0 heterocycles. The maximum atomic E-state index is 9.35. The van der Waals surface area contributed by atoms with Crippen LogP contribution in [-0.4, -0.2) is 34.4 Å². The lowest BCUT2D eigenvalue weighted by Crippen LogP contribution is -2.09. The Morgan fingerprint density at radius 2 is 1.47 bits per heavy atom. The topological polar surface area (TPSA) is 60.7 Å². The van der Waals surface area contributed by atoms with Gasteiger partial charge < -0.3 is 15.3 Å². The highest BCUT2D eigenvalue weighted by atomic mass is 127. The summed E-state index contributed by atoms with van der Waals surface area (Å²) in [5.41, 5.74) is 0. The van der Waals surface area contributed by atoms with Gasteiger partial charge in [-0.25, -0.2) is 0 Å². The molecule has 1 aromatic carbocycles. The molecule has 84 valence electrons. The fourth-order valence-corrected chi connectivity index (χ4v) is 10.1. The van der Waals surface area contributed by atoms with Crippen LogP contribution in [0.25, 0.3) is 0 Å². The summed E-state index contributed by atoms with van der Waals surface area (Å²) in [5.74, 6) is 0. The molecule has 0 aliphatic heterocycles. The van der Waals surface area contributed by atoms with E-state index in [9.17, 15) is 15.3 Å². The first kappa shape index (κ1) is 13.8. The highest BCUT2D eigenvalue weighted by Crippen LogP contribution is 2.85. The van der Waals surface area contributed by atoms with Crippen molar-refractivity contribution in [1.82, 2.24) is 0 Å². The van der Waals surface area contributed by atoms with Crippen molar-refractivity contribution in [2.75, 3.05) is 19.0 Å². The predicted molar refractivity (Wildman–Crippen MR) is 75.2 cm³/mol. The van der Waals surface area contributed by atoms with Gasteiger partial charge in [-0.1, -0.05) is 30.3 Å². The van der Waals surface area contributed by atoms with E-state index in [-0.39, 0.29) is 19.0 Å². The fourth-order valence-electron chi connectivity index (χ4n) is 1.10. The smallest absolute Gasteiger partial charge is 0.162 e. The van der Waals surface area contributed by atoms with Gasteiger partial charge in [0.15, 0.2) is 24.3 Å². The zero-order valence-corrected chi connectivity index (χ0v) is 12.1. The van der Waals surface area contributed by atoms with Crippen LogP contribution in [0.2, 0.25) is 0 Å². The zero-order valence-electron chi connectivity index (χ0n) is 8.12. The van der Waals surface area contributed by atoms with Gasteiger partial charge in [-0.2, -0.15) is 0 Å². The molecule has 0 saturated heterocycles. The Labute approximate surface area is 104 Å². The van der Waals surface area contributed by atoms with E-state index in [0.29, 0.717) is 0 Å². The van der Waals surface area contributed by atoms with Crippen LogP contribution in [0.3, 0.4) is 0 Å². The van der Waals surface area contributed by atoms with Crippen LogP contribution >= 0.6 is 34.2 Å². The maximum absolute atomic E-state index is 9.35. The molecule has 1 aromatic rings. The number of benzene rings is 1. The van der Waals surface area contributed by atoms with Gasteiger partial charge in [0.25, 0.3) is 0 Å². The van der Waals surface area contributed by atoms with Crippen molar-refractivity contribution in [3.63, 3.8) is 0 Å². The van der Waals surface area contributed by atoms with Crippen molar-refractivity contribution in [3.8, 4) is 0 Å². The minimum absolute atomic E-state index is 0.0937. The Kier molecular flexibility index (Phi) is 5.90. The van der Waals surface area contributed by atoms with Gasteiger partial charge in [0.2, 0.25) is 0 Å². The molecular formula is C9H14IO3P2+. The molecule has 0 spiro atoms. The Balaban J connectivity index is 2.95. The first-order valence-corrected chi connectivity index (χ1v) is 11.6. The second-order valence-electron chi connectivity index (χ2n) is 3.12. The summed E-state index contributed by atoms with van der Waals surface area (Å²) in [7, 11) is 0. The summed E-state index contributed by atoms with van der Waals surface area (Å²) in [6.07, 6.45) is -0.281. The predicted octanol–water partition coefficient (Wildman–Crippen LogP) is 1.93. The summed E-state index contributed by atoms with van der Waals surface area (Å²) in [5, 5.41) is 28.5. The lowest BCUT2D eigenvalue weighted by atomic mass is 10.4. The summed E-state index contributed by atoms with van der Waals surface area (Å²) < 4.78 is 0. The minimum atomic E-state index is -2.03. The van der Waals surface area contributed by atoms with Gasteiger partial charge in [0.1, 0.15) is 6.95 Å². The fraction of sp³-hybridized carbons (Fsp3) is 0.333. The van der Waals surface area contributed by atoms with Crippen LogP contribution in [-0.2, 0) is 0 Å². The number of aliphatic hydroxyl groups is 3. The van der Waals surface area contributed by atoms with E-state index in [1.807, 2.05) is 30.3 Å². The number of hydrogen-bond donors (Lipinski definition) is 3. The molecule has 0 aliphatic rings. The van der Waals surface area contributed by atoms with Crippen molar-refractivity contribution in [3.05, 3.63) is 30.3 Å². The van der Waals surface area contributed by atoms with E-state index in [4.69, 9.17) is 0 Å². The van der Waals surface area contributed by atoms with E-state index in [1.54, 1.807) is 0 Å². The number of hydrogen-bond acceptors (Lipinski definition) is 3. The van der Waals surface area contributed by atoms with E-state index < -0.39 is 12.2 Å². The maximum Gasteiger partial charge on any atom is 0.162 e. The largest absolute Gasteiger partial charge is 0.361 e. The summed E-state index contributed by atoms with van der Waals surface area (Å²) in [6, 6.07) is 9.76. The zero-order chi connectivity index (χ0) is 11.3. The van der Waals surface area contributed by atoms with E-state index in [0.717, 1.165) is 5.30 Å². The van der Waals surface area contributed by atoms with Crippen molar-refractivity contribution in [2.45, 2.75) is 0 Å². The Morgan fingerprint density at radius 1 is 1.00 bits per heavy atom. The second kappa shape index (κ2) is 6.43. The van der Waals surface area contributed by atoms with Crippen molar-refractivity contribution in [2.24, 2.45) is 0 Å². The lowest BCUT2D eigenvalue weighted by molar-refractivity contribution is 0.317. The highest BCUT2D eigenvalue weighted by Gasteiger charge is 2.45. The summed E-state index contributed by atoms with van der Waals surface area (Å²) in [4.78, 5) is 0. The average molecular weight is 359 g/mol. The van der Waals surface area contributed by atoms with Gasteiger partial charge in [0.05, 0.1) is 0 Å². The molecule has 0 aromatic heterocycles. The lowest BCUT2D eigenvalue weighted by Gasteiger charge is -2.24. The normalized spacial score (nSPS) is 13.9. The molecule has 0 fully saturated rings. The SMILES string of the molecule is OC[P+](CO)(CO)P(I)c1ccccc1. The van der Waals surface area contributed by atoms with E-state index in [1.165, 1.54) is 0 Å². The molecule has 0 aliphatic carbocycles. The quantitative estimate of drug-likeness (QED) is 0.556. The monoisotopic (exact) mass is 359 g/mol. The molecule has 6 heteroatoms.